The van der Waals surface area contributed by atoms with Crippen molar-refractivity contribution in [2.24, 2.45) is 15.3 Å². The molecule has 0 radical (unpaired) electrons. The molecule has 0 fully saturated rings. The number of carbonyl (C=O) groups excluding carboxylic acids is 1. The third-order valence-electron chi connectivity index (χ3n) is 6.16. The molecule has 0 saturated carbocycles. The van der Waals surface area contributed by atoms with Gasteiger partial charge in [0.05, 0.1) is 39.3 Å². The largest absolute Gasteiger partial charge is 0.478 e. The number of nitrogens with two attached hydrogens (primary N) is 1. The van der Waals surface area contributed by atoms with E-state index in [9.17, 15) is 50.5 Å². The fourth-order valence-electron chi connectivity index (χ4n) is 4.01. The number of carbonyl (C=O) groups is 3. The van der Waals surface area contributed by atoms with Gasteiger partial charge in [-0.1, -0.05) is 12.1 Å². The minimum absolute atomic E-state index is 0.0323. The van der Waals surface area contributed by atoms with Crippen LogP contribution in [0.5, 0.6) is 0 Å². The van der Waals surface area contributed by atoms with Gasteiger partial charge in [-0.25, -0.2) is 9.59 Å². The molecule has 0 heterocycles. The zero-order chi connectivity index (χ0) is 33.8. The molecule has 0 aliphatic rings. The number of aldehydes is 1. The van der Waals surface area contributed by atoms with E-state index < -0.39 is 42.0 Å². The summed E-state index contributed by atoms with van der Waals surface area (Å²) in [6.07, 6.45) is 2.13. The second kappa shape index (κ2) is 13.0. The fourth-order valence-corrected chi connectivity index (χ4v) is 4.98. The molecule has 0 aliphatic carbocycles. The van der Waals surface area contributed by atoms with Crippen molar-refractivity contribution in [1.29, 1.82) is 0 Å². The first-order valence-electron chi connectivity index (χ1n) is 12.5. The van der Waals surface area contributed by atoms with Gasteiger partial charge in [-0.05, 0) is 66.2 Å². The highest BCUT2D eigenvalue weighted by molar-refractivity contribution is 7.90. The molecule has 0 aromatic heterocycles. The molecule has 0 spiro atoms. The molecule has 7 N–H and O–H groups in total. The van der Waals surface area contributed by atoms with Gasteiger partial charge in [0.1, 0.15) is 4.91 Å². The lowest BCUT2D eigenvalue weighted by Crippen LogP contribution is -2.05. The maximum atomic E-state index is 12.0. The molecule has 16 nitrogen and oxygen atoms in total. The highest BCUT2D eigenvalue weighted by Gasteiger charge is 2.16. The third-order valence-corrected chi connectivity index (χ3v) is 7.83. The van der Waals surface area contributed by atoms with Crippen LogP contribution in [-0.4, -0.2) is 60.6 Å². The Hall–Kier alpha value is -5.82. The van der Waals surface area contributed by atoms with Crippen molar-refractivity contribution in [1.82, 2.24) is 0 Å². The van der Waals surface area contributed by atoms with Gasteiger partial charge in [0.15, 0.2) is 6.29 Å². The predicted octanol–water partition coefficient (Wildman–Crippen LogP) is 4.62. The highest BCUT2D eigenvalue weighted by Crippen LogP contribution is 2.35. The Labute approximate surface area is 259 Å². The first kappa shape index (κ1) is 33.1. The number of hydrazone groups is 1. The predicted molar refractivity (Wildman–Crippen MR) is 166 cm³/mol. The number of nitrogen functional groups attached to an aromatic ring is 1. The van der Waals surface area contributed by atoms with Crippen LogP contribution in [0.4, 0.5) is 22.7 Å². The molecule has 0 saturated heterocycles. The van der Waals surface area contributed by atoms with E-state index in [1.54, 1.807) is 0 Å². The summed E-state index contributed by atoms with van der Waals surface area (Å²) in [7, 11) is -9.56. The zero-order valence-corrected chi connectivity index (χ0v) is 24.6. The van der Waals surface area contributed by atoms with E-state index >= 15 is 0 Å². The number of carboxylic acid groups (broad SMARTS) is 2. The van der Waals surface area contributed by atoms with Gasteiger partial charge in [0.25, 0.3) is 20.2 Å². The van der Waals surface area contributed by atoms with E-state index in [2.05, 4.69) is 20.8 Å². The van der Waals surface area contributed by atoms with Crippen molar-refractivity contribution >= 4 is 84.3 Å². The van der Waals surface area contributed by atoms with Crippen LogP contribution >= 0.6 is 0 Å². The summed E-state index contributed by atoms with van der Waals surface area (Å²) in [4.78, 5) is 33.0. The molecule has 236 valence electrons. The van der Waals surface area contributed by atoms with Gasteiger partial charge < -0.3 is 15.9 Å². The van der Waals surface area contributed by atoms with Crippen LogP contribution in [0.1, 0.15) is 36.6 Å². The SMILES string of the molecule is Nc1ccc(/C=C(\C=N\Nc2ccc(N=Nc3cc(C(=O)O)cc(C(=O)O)c3)c3ccc(S(=O)(=O)O)cc23)S(=O)(=O)O)c(C=O)c1. The van der Waals surface area contributed by atoms with Crippen LogP contribution in [0.2, 0.25) is 0 Å². The number of nitrogens with zero attached hydrogens (tertiary/aromatic N) is 3. The standard InChI is InChI=1S/C28H21N5O11S2/c29-19-2-1-15(18(8-19)14-34)11-22(46(42,43)44)13-30-32-26-6-5-25(23-4-3-21(12-24(23)26)45(39,40)41)33-31-20-9-16(27(35)36)7-17(10-20)28(37)38/h1-14,32H,29H2,(H,35,36)(H,37,38)(H,39,40,41)(H,42,43,44)/b22-11+,30-13+,33-31?. The van der Waals surface area contributed by atoms with E-state index in [0.717, 1.165) is 42.6 Å². The van der Waals surface area contributed by atoms with Crippen LogP contribution in [0.3, 0.4) is 0 Å². The molecule has 0 atom stereocenters. The highest BCUT2D eigenvalue weighted by atomic mass is 32.2. The summed E-state index contributed by atoms with van der Waals surface area (Å²) < 4.78 is 67.1. The quantitative estimate of drug-likeness (QED) is 0.0318. The normalized spacial score (nSPS) is 12.5. The van der Waals surface area contributed by atoms with Crippen LogP contribution in [0.25, 0.3) is 16.8 Å². The van der Waals surface area contributed by atoms with Crippen molar-refractivity contribution in [2.75, 3.05) is 11.2 Å². The van der Waals surface area contributed by atoms with E-state index in [1.807, 2.05) is 0 Å². The molecule has 0 aliphatic heterocycles. The van der Waals surface area contributed by atoms with E-state index in [1.165, 1.54) is 36.4 Å². The van der Waals surface area contributed by atoms with Gasteiger partial charge in [0.2, 0.25) is 0 Å². The lowest BCUT2D eigenvalue weighted by Gasteiger charge is -2.10. The number of rotatable bonds is 11. The number of nitrogens with one attached hydrogen (secondary N) is 1. The Bertz CT molecular complexity index is 2200. The topological polar surface area (TPSA) is 276 Å². The molecule has 0 unspecified atom stereocenters. The molecule has 0 amide bonds. The van der Waals surface area contributed by atoms with Crippen molar-refractivity contribution in [2.45, 2.75) is 4.90 Å². The van der Waals surface area contributed by atoms with Crippen LogP contribution in [0.15, 0.2) is 91.9 Å². The fraction of sp³-hybridized carbons (Fsp3) is 0. The summed E-state index contributed by atoms with van der Waals surface area (Å²) >= 11 is 0. The second-order valence-corrected chi connectivity index (χ2v) is 12.1. The van der Waals surface area contributed by atoms with Crippen molar-refractivity contribution in [3.05, 3.63) is 93.9 Å². The Balaban J connectivity index is 1.78. The van der Waals surface area contributed by atoms with Gasteiger partial charge in [-0.3, -0.25) is 19.3 Å². The average molecular weight is 668 g/mol. The second-order valence-electron chi connectivity index (χ2n) is 9.29. The number of hydrogen-bond donors (Lipinski definition) is 6. The molecule has 18 heteroatoms. The zero-order valence-electron chi connectivity index (χ0n) is 23.0. The monoisotopic (exact) mass is 667 g/mol. The van der Waals surface area contributed by atoms with Crippen LogP contribution in [-0.2, 0) is 20.2 Å². The number of anilines is 2. The summed E-state index contributed by atoms with van der Waals surface area (Å²) in [5.74, 6) is -2.80. The van der Waals surface area contributed by atoms with Gasteiger partial charge in [-0.15, -0.1) is 5.11 Å². The lowest BCUT2D eigenvalue weighted by atomic mass is 10.1. The van der Waals surface area contributed by atoms with E-state index in [4.69, 9.17) is 5.73 Å². The summed E-state index contributed by atoms with van der Waals surface area (Å²) in [6.45, 7) is 0. The Morgan fingerprint density at radius 2 is 1.46 bits per heavy atom. The first-order chi connectivity index (χ1) is 21.6. The molecule has 46 heavy (non-hydrogen) atoms. The van der Waals surface area contributed by atoms with Crippen LogP contribution in [0, 0.1) is 0 Å². The summed E-state index contributed by atoms with van der Waals surface area (Å²) in [5.41, 5.74) is 7.86. The summed E-state index contributed by atoms with van der Waals surface area (Å²) in [6, 6.07) is 13.3. The maximum Gasteiger partial charge on any atom is 0.335 e. The number of azo groups is 1. The van der Waals surface area contributed by atoms with E-state index in [-0.39, 0.29) is 55.8 Å². The van der Waals surface area contributed by atoms with Gasteiger partial charge >= 0.3 is 11.9 Å². The number of hydrogen-bond acceptors (Lipinski definition) is 12. The third kappa shape index (κ3) is 7.81. The molecular formula is C28H21N5O11S2. The van der Waals surface area contributed by atoms with Crippen molar-refractivity contribution in [3.8, 4) is 0 Å². The molecule has 4 rings (SSSR count). The molecule has 4 aromatic carbocycles. The van der Waals surface area contributed by atoms with Crippen molar-refractivity contribution < 1.29 is 50.5 Å². The summed E-state index contributed by atoms with van der Waals surface area (Å²) in [5, 5.41) is 30.7. The van der Waals surface area contributed by atoms with Gasteiger partial charge in [0, 0.05) is 22.0 Å². The molecular weight excluding hydrogens is 646 g/mol. The van der Waals surface area contributed by atoms with Gasteiger partial charge in [-0.2, -0.15) is 27.1 Å². The minimum Gasteiger partial charge on any atom is -0.478 e. The number of allylic oxidation sites excluding steroid dienone is 1. The number of benzene rings is 4. The van der Waals surface area contributed by atoms with Crippen LogP contribution < -0.4 is 11.2 Å². The minimum atomic E-state index is -4.87. The average Bonchev–Trinajstić information content (AvgIpc) is 2.99. The van der Waals surface area contributed by atoms with Crippen molar-refractivity contribution in [3.63, 3.8) is 0 Å². The smallest absolute Gasteiger partial charge is 0.335 e. The maximum absolute atomic E-state index is 12.0. The lowest BCUT2D eigenvalue weighted by molar-refractivity contribution is 0.0696. The number of fused-ring (bicyclic) bond motifs is 1. The van der Waals surface area contributed by atoms with E-state index in [0.29, 0.717) is 6.29 Å². The number of carboxylic acids is 2. The Morgan fingerprint density at radius 3 is 2.04 bits per heavy atom. The Morgan fingerprint density at radius 1 is 0.783 bits per heavy atom. The molecule has 4 aromatic rings. The first-order valence-corrected chi connectivity index (χ1v) is 15.4. The number of aromatic carboxylic acids is 2. The Kier molecular flexibility index (Phi) is 9.38. The molecule has 0 bridgehead atoms.